The largest absolute Gasteiger partial charge is 0.394 e. The van der Waals surface area contributed by atoms with E-state index < -0.39 is 31.1 Å². The third-order valence-electron chi connectivity index (χ3n) is 5.00. The van der Waals surface area contributed by atoms with Crippen molar-refractivity contribution in [3.63, 3.8) is 0 Å². The fourth-order valence-corrected chi connectivity index (χ4v) is 3.39. The smallest absolute Gasteiger partial charge is 0.231 e. The van der Waals surface area contributed by atoms with E-state index in [9.17, 15) is 20.1 Å². The number of aromatic nitrogens is 4. The van der Waals surface area contributed by atoms with Gasteiger partial charge in [-0.3, -0.25) is 9.36 Å². The highest BCUT2D eigenvalue weighted by Crippen LogP contribution is 2.32. The maximum atomic E-state index is 11.9. The fourth-order valence-electron chi connectivity index (χ4n) is 3.39. The Balaban J connectivity index is 1.69. The molecule has 0 amide bonds. The number of nitrogen functional groups attached to an aromatic ring is 1. The second kappa shape index (κ2) is 7.95. The van der Waals surface area contributed by atoms with Gasteiger partial charge < -0.3 is 31.1 Å². The van der Waals surface area contributed by atoms with Crippen molar-refractivity contribution in [3.8, 4) is 0 Å². The Hall–Kier alpha value is -3.12. The van der Waals surface area contributed by atoms with Gasteiger partial charge in [0.05, 0.1) is 12.9 Å². The van der Waals surface area contributed by atoms with Crippen LogP contribution in [0, 0.1) is 0 Å². The predicted octanol–water partition coefficient (Wildman–Crippen LogP) is 0.356. The maximum absolute atomic E-state index is 11.9. The topological polar surface area (TPSA) is 169 Å². The van der Waals surface area contributed by atoms with Gasteiger partial charge in [0.2, 0.25) is 5.95 Å². The van der Waals surface area contributed by atoms with E-state index in [0.29, 0.717) is 23.2 Å². The summed E-state index contributed by atoms with van der Waals surface area (Å²) >= 11 is 0. The van der Waals surface area contributed by atoms with Gasteiger partial charge in [-0.25, -0.2) is 4.98 Å². The minimum absolute atomic E-state index is 0.0111. The fraction of sp³-hybridized carbons (Fsp3) is 0.368. The Kier molecular flexibility index (Phi) is 5.35. The first-order valence-corrected chi connectivity index (χ1v) is 9.45. The molecule has 0 aliphatic carbocycles. The zero-order valence-electron chi connectivity index (χ0n) is 16.1. The maximum Gasteiger partial charge on any atom is 0.231 e. The molecular formula is C19H22N6O5. The summed E-state index contributed by atoms with van der Waals surface area (Å²) in [7, 11) is 0. The van der Waals surface area contributed by atoms with Gasteiger partial charge in [-0.2, -0.15) is 9.97 Å². The van der Waals surface area contributed by atoms with Gasteiger partial charge in [0.15, 0.2) is 23.5 Å². The van der Waals surface area contributed by atoms with E-state index >= 15 is 0 Å². The summed E-state index contributed by atoms with van der Waals surface area (Å²) in [5, 5.41) is 32.7. The predicted molar refractivity (Wildman–Crippen MR) is 107 cm³/mol. The number of nitrogens with zero attached hydrogens (tertiary/aromatic N) is 4. The third kappa shape index (κ3) is 3.48. The molecular weight excluding hydrogens is 392 g/mol. The summed E-state index contributed by atoms with van der Waals surface area (Å²) in [6, 6.07) is 6.93. The first kappa shape index (κ1) is 20.2. The Labute approximate surface area is 171 Å². The number of hydrogen-bond donors (Lipinski definition) is 5. The first-order valence-electron chi connectivity index (χ1n) is 9.45. The number of aliphatic hydroxyl groups excluding tert-OH is 3. The number of benzene rings is 1. The number of nitrogens with two attached hydrogens (primary N) is 1. The lowest BCUT2D eigenvalue weighted by atomic mass is 10.1. The lowest BCUT2D eigenvalue weighted by Gasteiger charge is -2.17. The molecule has 1 saturated heterocycles. The molecule has 158 valence electrons. The van der Waals surface area contributed by atoms with Crippen molar-refractivity contribution < 1.29 is 24.9 Å². The summed E-state index contributed by atoms with van der Waals surface area (Å²) in [6.45, 7) is 1.34. The lowest BCUT2D eigenvalue weighted by molar-refractivity contribution is -0.0511. The van der Waals surface area contributed by atoms with E-state index in [-0.39, 0.29) is 23.2 Å². The van der Waals surface area contributed by atoms with Crippen LogP contribution in [0.2, 0.25) is 0 Å². The molecule has 0 spiro atoms. The number of carbonyl (C=O) groups is 1. The summed E-state index contributed by atoms with van der Waals surface area (Å²) < 4.78 is 6.98. The molecule has 0 bridgehead atoms. The van der Waals surface area contributed by atoms with Gasteiger partial charge in [-0.1, -0.05) is 19.1 Å². The van der Waals surface area contributed by atoms with Gasteiger partial charge >= 0.3 is 0 Å². The molecule has 11 nitrogen and oxygen atoms in total. The Morgan fingerprint density at radius 1 is 1.30 bits per heavy atom. The van der Waals surface area contributed by atoms with Crippen molar-refractivity contribution in [3.05, 3.63) is 36.2 Å². The summed E-state index contributed by atoms with van der Waals surface area (Å²) in [5.74, 6) is 0.278. The molecule has 0 saturated carbocycles. The third-order valence-corrected chi connectivity index (χ3v) is 5.00. The zero-order chi connectivity index (χ0) is 21.4. The van der Waals surface area contributed by atoms with E-state index in [1.54, 1.807) is 31.2 Å². The van der Waals surface area contributed by atoms with Crippen molar-refractivity contribution in [2.24, 2.45) is 0 Å². The van der Waals surface area contributed by atoms with Crippen molar-refractivity contribution >= 4 is 34.4 Å². The van der Waals surface area contributed by atoms with E-state index in [1.807, 2.05) is 0 Å². The monoisotopic (exact) mass is 414 g/mol. The molecule has 11 heteroatoms. The van der Waals surface area contributed by atoms with Crippen molar-refractivity contribution in [1.82, 2.24) is 19.5 Å². The minimum atomic E-state index is -1.29. The number of hydrogen-bond acceptors (Lipinski definition) is 10. The average molecular weight is 414 g/mol. The number of fused-ring (bicyclic) bond motifs is 1. The number of ketones is 1. The quantitative estimate of drug-likeness (QED) is 0.355. The molecule has 1 fully saturated rings. The van der Waals surface area contributed by atoms with E-state index in [1.165, 1.54) is 10.9 Å². The van der Waals surface area contributed by atoms with Crippen molar-refractivity contribution in [2.75, 3.05) is 17.7 Å². The standard InChI is InChI=1S/C19H22N6O5/c1-2-11(27)9-4-3-5-10(6-9)22-19-23-16(20)13-17(24-19)25(8-21-13)18-15(29)14(28)12(7-26)30-18/h3-6,8,12,14-15,18,26,28-29H,2,7H2,1H3,(H3,20,22,23,24)/t12-,14?,15?,18-/m1/s1. The molecule has 1 aromatic carbocycles. The summed E-state index contributed by atoms with van der Waals surface area (Å²) in [4.78, 5) is 24.7. The van der Waals surface area contributed by atoms with Crippen LogP contribution in [0.4, 0.5) is 17.5 Å². The van der Waals surface area contributed by atoms with Crippen LogP contribution >= 0.6 is 0 Å². The first-order chi connectivity index (χ1) is 14.4. The SMILES string of the molecule is CCC(=O)c1cccc(Nc2nc(N)c3ncn([C@@H]4O[C@H](CO)C(O)C4O)c3n2)c1. The molecule has 4 atom stereocenters. The number of Topliss-reactive ketones (excluding diaryl/α,β-unsaturated/α-hetero) is 1. The van der Waals surface area contributed by atoms with Crippen molar-refractivity contribution in [2.45, 2.75) is 37.9 Å². The normalized spacial score (nSPS) is 23.7. The number of rotatable bonds is 6. The molecule has 3 heterocycles. The highest BCUT2D eigenvalue weighted by Gasteiger charge is 2.44. The Morgan fingerprint density at radius 3 is 2.80 bits per heavy atom. The van der Waals surface area contributed by atoms with Crippen LogP contribution in [-0.4, -0.2) is 65.5 Å². The number of anilines is 3. The molecule has 4 rings (SSSR count). The molecule has 6 N–H and O–H groups in total. The van der Waals surface area contributed by atoms with Crippen LogP contribution in [0.15, 0.2) is 30.6 Å². The van der Waals surface area contributed by atoms with Gasteiger partial charge in [-0.15, -0.1) is 0 Å². The van der Waals surface area contributed by atoms with Crippen LogP contribution < -0.4 is 11.1 Å². The highest BCUT2D eigenvalue weighted by molar-refractivity contribution is 5.96. The molecule has 1 aliphatic rings. The number of imidazole rings is 1. The van der Waals surface area contributed by atoms with E-state index in [4.69, 9.17) is 10.5 Å². The second-order valence-electron chi connectivity index (χ2n) is 6.97. The average Bonchev–Trinajstić information content (AvgIpc) is 3.29. The summed E-state index contributed by atoms with van der Waals surface area (Å²) in [6.07, 6.45) is -2.71. The van der Waals surface area contributed by atoms with Crippen molar-refractivity contribution in [1.29, 1.82) is 0 Å². The number of aliphatic hydroxyl groups is 3. The van der Waals surface area contributed by atoms with Crippen LogP contribution in [0.5, 0.6) is 0 Å². The van der Waals surface area contributed by atoms with E-state index in [0.717, 1.165) is 0 Å². The minimum Gasteiger partial charge on any atom is -0.394 e. The van der Waals surface area contributed by atoms with Crippen LogP contribution in [0.1, 0.15) is 29.9 Å². The lowest BCUT2D eigenvalue weighted by Crippen LogP contribution is -2.33. The zero-order valence-corrected chi connectivity index (χ0v) is 16.1. The van der Waals surface area contributed by atoms with E-state index in [2.05, 4.69) is 20.3 Å². The Morgan fingerprint density at radius 2 is 2.10 bits per heavy atom. The molecule has 2 unspecified atom stereocenters. The Bertz CT molecular complexity index is 1090. The van der Waals surface area contributed by atoms with Crippen LogP contribution in [0.3, 0.4) is 0 Å². The summed E-state index contributed by atoms with van der Waals surface area (Å²) in [5.41, 5.74) is 7.77. The van der Waals surface area contributed by atoms with Crippen LogP contribution in [-0.2, 0) is 4.74 Å². The number of nitrogens with one attached hydrogen (secondary N) is 1. The van der Waals surface area contributed by atoms with Gasteiger partial charge in [-0.05, 0) is 12.1 Å². The molecule has 0 radical (unpaired) electrons. The van der Waals surface area contributed by atoms with Gasteiger partial charge in [0, 0.05) is 17.7 Å². The number of ether oxygens (including phenoxy) is 1. The molecule has 30 heavy (non-hydrogen) atoms. The molecule has 2 aromatic heterocycles. The molecule has 1 aliphatic heterocycles. The van der Waals surface area contributed by atoms with Gasteiger partial charge in [0.25, 0.3) is 0 Å². The molecule has 3 aromatic rings. The van der Waals surface area contributed by atoms with Gasteiger partial charge in [0.1, 0.15) is 23.8 Å². The highest BCUT2D eigenvalue weighted by atomic mass is 16.6. The second-order valence-corrected chi connectivity index (χ2v) is 6.97. The van der Waals surface area contributed by atoms with Crippen LogP contribution in [0.25, 0.3) is 11.2 Å². The number of carbonyl (C=O) groups excluding carboxylic acids is 1.